The molecule has 190 valence electrons. The van der Waals surface area contributed by atoms with Crippen LogP contribution < -0.4 is 5.73 Å². The predicted octanol–water partition coefficient (Wildman–Crippen LogP) is 5.80. The lowest BCUT2D eigenvalue weighted by molar-refractivity contribution is 0.316. The number of aromatic nitrogens is 4. The molecule has 0 saturated heterocycles. The van der Waals surface area contributed by atoms with Crippen LogP contribution in [-0.4, -0.2) is 31.2 Å². The van der Waals surface area contributed by atoms with Crippen LogP contribution in [0.15, 0.2) is 58.5 Å². The first-order chi connectivity index (χ1) is 18.0. The van der Waals surface area contributed by atoms with Crippen LogP contribution in [0.5, 0.6) is 0 Å². The summed E-state index contributed by atoms with van der Waals surface area (Å²) in [7, 11) is 0. The summed E-state index contributed by atoms with van der Waals surface area (Å²) in [5.74, 6) is 4.40. The molecule has 0 unspecified atom stereocenters. The van der Waals surface area contributed by atoms with Crippen LogP contribution in [0, 0.1) is 29.6 Å². The number of rotatable bonds is 5. The highest BCUT2D eigenvalue weighted by atomic mass is 35.5. The Morgan fingerprint density at radius 2 is 1.62 bits per heavy atom. The third-order valence-corrected chi connectivity index (χ3v) is 8.31. The molecule has 4 aliphatic carbocycles. The molecule has 3 aromatic rings. The summed E-state index contributed by atoms with van der Waals surface area (Å²) < 4.78 is 5.06. The number of amidine groups is 1. The maximum Gasteiger partial charge on any atom is 0.241 e. The average molecular weight is 558 g/mol. The normalized spacial score (nSPS) is 29.0. The largest absolute Gasteiger partial charge is 0.409 e. The number of fused-ring (bicyclic) bond motifs is 2. The van der Waals surface area contributed by atoms with Gasteiger partial charge in [0.1, 0.15) is 11.7 Å². The molecule has 0 aromatic carbocycles. The molecule has 6 atom stereocenters. The minimum atomic E-state index is 0.211. The van der Waals surface area contributed by atoms with Crippen molar-refractivity contribution in [1.29, 1.82) is 0 Å². The Kier molecular flexibility index (Phi) is 6.42. The molecule has 0 radical (unpaired) electrons. The summed E-state index contributed by atoms with van der Waals surface area (Å²) in [6.45, 7) is 0. The topological polar surface area (TPSA) is 123 Å². The highest BCUT2D eigenvalue weighted by Crippen LogP contribution is 2.62. The van der Waals surface area contributed by atoms with Crippen molar-refractivity contribution in [2.45, 2.75) is 24.6 Å². The van der Waals surface area contributed by atoms with Gasteiger partial charge in [-0.25, -0.2) is 0 Å². The van der Waals surface area contributed by atoms with Gasteiger partial charge in [0.05, 0.1) is 11.4 Å². The summed E-state index contributed by atoms with van der Waals surface area (Å²) in [5, 5.41) is 17.1. The molecular formula is C26H23Cl3N6O2. The van der Waals surface area contributed by atoms with E-state index in [1.807, 2.05) is 12.1 Å². The molecule has 11 heteroatoms. The number of pyridine rings is 2. The highest BCUT2D eigenvalue weighted by Gasteiger charge is 2.56. The fraction of sp³-hybridized carbons (Fsp3) is 0.346. The second-order valence-electron chi connectivity index (χ2n) is 9.75. The van der Waals surface area contributed by atoms with Crippen LogP contribution in [0.4, 0.5) is 0 Å². The van der Waals surface area contributed by atoms with Gasteiger partial charge in [0.15, 0.2) is 5.82 Å². The van der Waals surface area contributed by atoms with Gasteiger partial charge in [-0.15, -0.1) is 11.6 Å². The van der Waals surface area contributed by atoms with E-state index in [2.05, 4.69) is 37.4 Å². The molecule has 3 heterocycles. The van der Waals surface area contributed by atoms with Crippen LogP contribution in [0.3, 0.4) is 0 Å². The van der Waals surface area contributed by atoms with Crippen molar-refractivity contribution in [1.82, 2.24) is 20.1 Å². The van der Waals surface area contributed by atoms with E-state index in [9.17, 15) is 0 Å². The molecule has 0 aliphatic heterocycles. The number of alkyl halides is 1. The zero-order chi connectivity index (χ0) is 25.7. The summed E-state index contributed by atoms with van der Waals surface area (Å²) in [4.78, 5) is 13.0. The molecule has 3 N–H and O–H groups in total. The van der Waals surface area contributed by atoms with Crippen LogP contribution in [-0.2, 0) is 5.88 Å². The predicted molar refractivity (Wildman–Crippen MR) is 141 cm³/mol. The fourth-order valence-corrected chi connectivity index (χ4v) is 6.16. The van der Waals surface area contributed by atoms with Crippen molar-refractivity contribution in [2.75, 3.05) is 0 Å². The van der Waals surface area contributed by atoms with E-state index >= 15 is 0 Å². The fourth-order valence-electron chi connectivity index (χ4n) is 5.74. The van der Waals surface area contributed by atoms with Gasteiger partial charge in [0.2, 0.25) is 5.89 Å². The van der Waals surface area contributed by atoms with Gasteiger partial charge in [-0.1, -0.05) is 45.7 Å². The Morgan fingerprint density at radius 1 is 1.00 bits per heavy atom. The quantitative estimate of drug-likeness (QED) is 0.133. The number of hydrogen-bond acceptors (Lipinski definition) is 7. The minimum absolute atomic E-state index is 0.211. The monoisotopic (exact) mass is 556 g/mol. The van der Waals surface area contributed by atoms with E-state index in [1.165, 1.54) is 11.1 Å². The van der Waals surface area contributed by atoms with Gasteiger partial charge in [-0.3, -0.25) is 9.97 Å². The van der Waals surface area contributed by atoms with Crippen LogP contribution in [0.2, 0.25) is 10.0 Å². The Labute approximate surface area is 228 Å². The van der Waals surface area contributed by atoms with E-state index < -0.39 is 0 Å². The third-order valence-electron chi connectivity index (χ3n) is 7.61. The molecule has 2 saturated carbocycles. The first-order valence-corrected chi connectivity index (χ1v) is 13.3. The molecule has 2 fully saturated rings. The molecule has 0 amide bonds. The standard InChI is InChI=1S/C14H11Cl2N3O.C12H12ClN3O/c15-6-12-18-14(19-20-12)13-9-3-7(4-10(9)13)11-5-8(16)1-2-17-11;13-7-1-2-15-10(5-7)6-3-8-9(4-6)11(8)12(14)16-17/h1-3,5,9-10,13H,4,6H2;1-3,5,8-9,11,17H,4H2,(H2,14,16)/t9-,10+,13+;8-,9+,11+/m00/s1. The van der Waals surface area contributed by atoms with Gasteiger partial charge in [0.25, 0.3) is 0 Å². The molecular weight excluding hydrogens is 535 g/mol. The third kappa shape index (κ3) is 4.74. The Bertz CT molecular complexity index is 1440. The van der Waals surface area contributed by atoms with Crippen molar-refractivity contribution >= 4 is 51.8 Å². The molecule has 0 bridgehead atoms. The maximum absolute atomic E-state index is 8.63. The lowest BCUT2D eigenvalue weighted by atomic mass is 10.1. The van der Waals surface area contributed by atoms with Crippen LogP contribution in [0.25, 0.3) is 11.1 Å². The summed E-state index contributed by atoms with van der Waals surface area (Å²) in [6.07, 6.45) is 9.82. The van der Waals surface area contributed by atoms with Gasteiger partial charge < -0.3 is 15.5 Å². The van der Waals surface area contributed by atoms with E-state index in [0.717, 1.165) is 35.1 Å². The number of oxime groups is 1. The second kappa shape index (κ2) is 9.74. The average Bonchev–Trinajstić information content (AvgIpc) is 3.45. The van der Waals surface area contributed by atoms with E-state index in [1.54, 1.807) is 24.5 Å². The number of nitrogens with zero attached hydrogens (tertiary/aromatic N) is 5. The van der Waals surface area contributed by atoms with Crippen molar-refractivity contribution < 1.29 is 9.73 Å². The summed E-state index contributed by atoms with van der Waals surface area (Å²) >= 11 is 17.6. The van der Waals surface area contributed by atoms with Gasteiger partial charge in [-0.05, 0) is 71.9 Å². The van der Waals surface area contributed by atoms with Crippen LogP contribution >= 0.6 is 34.8 Å². The SMILES string of the molecule is ClCc1nc([C@@H]2[C@H]3C=C(c4cc(Cl)ccn4)C[C@H]32)no1.N/C(=N\O)[C@@H]1[C@H]2C=C(c3cc(Cl)ccn3)C[C@H]21. The number of allylic oxidation sites excluding steroid dienone is 4. The Morgan fingerprint density at radius 3 is 2.08 bits per heavy atom. The lowest BCUT2D eigenvalue weighted by Crippen LogP contribution is -2.16. The lowest BCUT2D eigenvalue weighted by Gasteiger charge is -2.05. The van der Waals surface area contributed by atoms with Crippen molar-refractivity contribution in [3.8, 4) is 0 Å². The second-order valence-corrected chi connectivity index (χ2v) is 10.9. The summed E-state index contributed by atoms with van der Waals surface area (Å²) in [6, 6.07) is 7.33. The maximum atomic E-state index is 8.63. The van der Waals surface area contributed by atoms with E-state index in [-0.39, 0.29) is 11.8 Å². The van der Waals surface area contributed by atoms with Gasteiger partial charge in [0, 0.05) is 34.3 Å². The van der Waals surface area contributed by atoms with Gasteiger partial charge >= 0.3 is 0 Å². The first kappa shape index (κ1) is 24.4. The first-order valence-electron chi connectivity index (χ1n) is 12.0. The minimum Gasteiger partial charge on any atom is -0.409 e. The molecule has 4 aliphatic rings. The van der Waals surface area contributed by atoms with Crippen LogP contribution in [0.1, 0.15) is 41.9 Å². The molecule has 0 spiro atoms. The van der Waals surface area contributed by atoms with E-state index in [0.29, 0.717) is 46.3 Å². The Hall–Kier alpha value is -2.94. The summed E-state index contributed by atoms with van der Waals surface area (Å²) in [5.41, 5.74) is 9.99. The smallest absolute Gasteiger partial charge is 0.241 e. The number of halogens is 3. The molecule has 37 heavy (non-hydrogen) atoms. The molecule has 8 nitrogen and oxygen atoms in total. The van der Waals surface area contributed by atoms with Crippen molar-refractivity contribution in [2.24, 2.45) is 40.5 Å². The molecule has 3 aromatic heterocycles. The van der Waals surface area contributed by atoms with Crippen molar-refractivity contribution in [3.05, 3.63) is 82.0 Å². The zero-order valence-corrected chi connectivity index (χ0v) is 21.8. The molecule has 7 rings (SSSR count). The van der Waals surface area contributed by atoms with Crippen molar-refractivity contribution in [3.63, 3.8) is 0 Å². The van der Waals surface area contributed by atoms with E-state index in [4.69, 9.17) is 50.3 Å². The van der Waals surface area contributed by atoms with Gasteiger partial charge in [-0.2, -0.15) is 4.98 Å². The number of nitrogens with two attached hydrogens (primary N) is 1. The highest BCUT2D eigenvalue weighted by molar-refractivity contribution is 6.31. The zero-order valence-electron chi connectivity index (χ0n) is 19.5. The number of hydrogen-bond donors (Lipinski definition) is 2. The Balaban J connectivity index is 0.000000138.